The van der Waals surface area contributed by atoms with Crippen LogP contribution in [0.1, 0.15) is 27.7 Å². The molecule has 8 heteroatoms. The highest BCUT2D eigenvalue weighted by molar-refractivity contribution is 5.81. The molecule has 0 spiro atoms. The molecule has 3 rings (SSSR count). The van der Waals surface area contributed by atoms with E-state index in [9.17, 15) is 14.4 Å². The van der Waals surface area contributed by atoms with Gasteiger partial charge in [-0.1, -0.05) is 12.1 Å². The Morgan fingerprint density at radius 1 is 1.18 bits per heavy atom. The number of nitrogens with zero attached hydrogens (tertiary/aromatic N) is 2. The molecule has 0 aliphatic carbocycles. The Labute approximate surface area is 163 Å². The third-order valence-electron chi connectivity index (χ3n) is 5.18. The first-order valence-corrected chi connectivity index (χ1v) is 9.56. The van der Waals surface area contributed by atoms with Crippen molar-refractivity contribution in [3.05, 3.63) is 45.0 Å². The van der Waals surface area contributed by atoms with E-state index in [0.717, 1.165) is 17.8 Å². The normalized spacial score (nSPS) is 21.0. The molecule has 2 atom stereocenters. The van der Waals surface area contributed by atoms with Gasteiger partial charge in [-0.25, -0.2) is 4.68 Å². The number of hydrogen-bond acceptors (Lipinski definition) is 5. The largest absolute Gasteiger partial charge is 0.373 e. The quantitative estimate of drug-likeness (QED) is 0.786. The van der Waals surface area contributed by atoms with E-state index < -0.39 is 0 Å². The molecule has 1 aliphatic heterocycles. The van der Waals surface area contributed by atoms with Crippen molar-refractivity contribution in [1.29, 1.82) is 0 Å². The van der Waals surface area contributed by atoms with Crippen molar-refractivity contribution in [2.75, 3.05) is 19.6 Å². The van der Waals surface area contributed by atoms with Crippen LogP contribution in [-0.2, 0) is 16.1 Å². The Bertz CT molecular complexity index is 968. The minimum absolute atomic E-state index is 0.139. The molecule has 0 saturated carbocycles. The van der Waals surface area contributed by atoms with Gasteiger partial charge in [-0.3, -0.25) is 24.4 Å². The summed E-state index contributed by atoms with van der Waals surface area (Å²) in [6, 6.07) is 6.57. The van der Waals surface area contributed by atoms with Crippen molar-refractivity contribution < 1.29 is 9.53 Å². The third-order valence-corrected chi connectivity index (χ3v) is 5.18. The maximum absolute atomic E-state index is 12.5. The van der Waals surface area contributed by atoms with Crippen molar-refractivity contribution in [2.45, 2.75) is 52.0 Å². The smallest absolute Gasteiger partial charge is 0.273 e. The first kappa shape index (κ1) is 20.3. The fraction of sp³-hybridized carbons (Fsp3) is 0.550. The lowest BCUT2D eigenvalue weighted by Crippen LogP contribution is -2.59. The van der Waals surface area contributed by atoms with Crippen LogP contribution >= 0.6 is 0 Å². The van der Waals surface area contributed by atoms with Crippen LogP contribution in [0.5, 0.6) is 0 Å². The van der Waals surface area contributed by atoms with E-state index in [1.165, 1.54) is 0 Å². The van der Waals surface area contributed by atoms with Gasteiger partial charge in [-0.05, 0) is 39.8 Å². The van der Waals surface area contributed by atoms with Crippen LogP contribution in [0.4, 0.5) is 0 Å². The fourth-order valence-electron chi connectivity index (χ4n) is 3.66. The second-order valence-corrected chi connectivity index (χ2v) is 8.13. The van der Waals surface area contributed by atoms with Crippen LogP contribution in [-0.4, -0.2) is 58.0 Å². The van der Waals surface area contributed by atoms with Gasteiger partial charge in [0.15, 0.2) is 0 Å². The van der Waals surface area contributed by atoms with Gasteiger partial charge in [0, 0.05) is 25.2 Å². The van der Waals surface area contributed by atoms with Crippen LogP contribution < -0.4 is 16.4 Å². The highest BCUT2D eigenvalue weighted by atomic mass is 16.5. The monoisotopic (exact) mass is 388 g/mol. The van der Waals surface area contributed by atoms with Crippen LogP contribution in [0.2, 0.25) is 0 Å². The standard InChI is InChI=1S/C20H28N4O4/c1-13-9-23(10-14(2)28-13)20(3,4)12-21-17(25)11-24-19(27)16-8-6-5-7-15(16)18(26)22-24/h5-8,13-14H,9-12H2,1-4H3,(H,21,25)(H,22,26)/t13-,14-/m0/s1. The van der Waals surface area contributed by atoms with Crippen molar-refractivity contribution in [3.63, 3.8) is 0 Å². The van der Waals surface area contributed by atoms with E-state index in [1.807, 2.05) is 13.8 Å². The van der Waals surface area contributed by atoms with Crippen molar-refractivity contribution in [3.8, 4) is 0 Å². The number of morpholine rings is 1. The number of carbonyl (C=O) groups is 1. The predicted octanol–water partition coefficient (Wildman–Crippen LogP) is 0.694. The number of H-pyrrole nitrogens is 1. The Morgan fingerprint density at radius 3 is 2.43 bits per heavy atom. The van der Waals surface area contributed by atoms with E-state index >= 15 is 0 Å². The highest BCUT2D eigenvalue weighted by Crippen LogP contribution is 2.20. The number of carbonyl (C=O) groups excluding carboxylic acids is 1. The lowest BCUT2D eigenvalue weighted by molar-refractivity contribution is -0.123. The number of ether oxygens (including phenoxy) is 1. The summed E-state index contributed by atoms with van der Waals surface area (Å²) in [6.45, 7) is 10.0. The van der Waals surface area contributed by atoms with Crippen molar-refractivity contribution in [2.24, 2.45) is 0 Å². The molecule has 1 saturated heterocycles. The molecule has 2 heterocycles. The van der Waals surface area contributed by atoms with Gasteiger partial charge in [0.05, 0.1) is 23.0 Å². The minimum Gasteiger partial charge on any atom is -0.373 e. The zero-order chi connectivity index (χ0) is 20.5. The summed E-state index contributed by atoms with van der Waals surface area (Å²) < 4.78 is 6.84. The molecule has 1 aromatic heterocycles. The summed E-state index contributed by atoms with van der Waals surface area (Å²) in [5, 5.41) is 5.99. The number of amides is 1. The highest BCUT2D eigenvalue weighted by Gasteiger charge is 2.33. The maximum atomic E-state index is 12.5. The molecule has 2 aromatic rings. The molecule has 1 aliphatic rings. The zero-order valence-corrected chi connectivity index (χ0v) is 16.8. The summed E-state index contributed by atoms with van der Waals surface area (Å²) in [4.78, 5) is 39.4. The van der Waals surface area contributed by atoms with Crippen LogP contribution in [0.3, 0.4) is 0 Å². The first-order valence-electron chi connectivity index (χ1n) is 9.56. The van der Waals surface area contributed by atoms with E-state index in [4.69, 9.17) is 4.74 Å². The molecule has 152 valence electrons. The van der Waals surface area contributed by atoms with E-state index in [0.29, 0.717) is 17.3 Å². The lowest BCUT2D eigenvalue weighted by atomic mass is 10.00. The third kappa shape index (κ3) is 4.34. The van der Waals surface area contributed by atoms with Crippen LogP contribution in [0.25, 0.3) is 10.8 Å². The molecule has 1 amide bonds. The molecule has 0 bridgehead atoms. The number of aromatic amines is 1. The Kier molecular flexibility index (Phi) is 5.71. The molecule has 0 radical (unpaired) electrons. The predicted molar refractivity (Wildman–Crippen MR) is 107 cm³/mol. The van der Waals surface area contributed by atoms with Gasteiger partial charge >= 0.3 is 0 Å². The van der Waals surface area contributed by atoms with E-state index in [-0.39, 0.29) is 41.3 Å². The number of fused-ring (bicyclic) bond motifs is 1. The second kappa shape index (κ2) is 7.89. The summed E-state index contributed by atoms with van der Waals surface area (Å²) in [5.41, 5.74) is -1.04. The molecular weight excluding hydrogens is 360 g/mol. The molecule has 8 nitrogen and oxygen atoms in total. The number of benzene rings is 1. The molecule has 28 heavy (non-hydrogen) atoms. The number of nitrogens with one attached hydrogen (secondary N) is 2. The van der Waals surface area contributed by atoms with Gasteiger partial charge in [-0.15, -0.1) is 0 Å². The van der Waals surface area contributed by atoms with Gasteiger partial charge in [-0.2, -0.15) is 0 Å². The molecule has 0 unspecified atom stereocenters. The van der Waals surface area contributed by atoms with Gasteiger partial charge in [0.25, 0.3) is 11.1 Å². The number of hydrogen-bond donors (Lipinski definition) is 2. The van der Waals surface area contributed by atoms with Gasteiger partial charge in [0.1, 0.15) is 6.54 Å². The number of aromatic nitrogens is 2. The van der Waals surface area contributed by atoms with Gasteiger partial charge < -0.3 is 10.1 Å². The molecule has 1 aromatic carbocycles. The maximum Gasteiger partial charge on any atom is 0.273 e. The van der Waals surface area contributed by atoms with E-state index in [1.54, 1.807) is 24.3 Å². The first-order chi connectivity index (χ1) is 13.2. The van der Waals surface area contributed by atoms with Crippen LogP contribution in [0.15, 0.2) is 33.9 Å². The summed E-state index contributed by atoms with van der Waals surface area (Å²) in [7, 11) is 0. The Hall–Kier alpha value is -2.45. The topological polar surface area (TPSA) is 96.4 Å². The van der Waals surface area contributed by atoms with Crippen LogP contribution in [0, 0.1) is 0 Å². The average Bonchev–Trinajstić information content (AvgIpc) is 2.63. The molecule has 1 fully saturated rings. The zero-order valence-electron chi connectivity index (χ0n) is 16.8. The Balaban J connectivity index is 1.68. The molecule has 2 N–H and O–H groups in total. The summed E-state index contributed by atoms with van der Waals surface area (Å²) in [6.07, 6.45) is 0.278. The number of rotatable bonds is 5. The lowest BCUT2D eigenvalue weighted by Gasteiger charge is -2.45. The SMILES string of the molecule is C[C@H]1CN(C(C)(C)CNC(=O)Cn2[nH]c(=O)c3ccccc3c2=O)C[C@H](C)O1. The Morgan fingerprint density at radius 2 is 1.79 bits per heavy atom. The minimum atomic E-state index is -0.389. The van der Waals surface area contributed by atoms with Crippen molar-refractivity contribution >= 4 is 16.7 Å². The second-order valence-electron chi connectivity index (χ2n) is 8.13. The average molecular weight is 388 g/mol. The molecular formula is C20H28N4O4. The summed E-state index contributed by atoms with van der Waals surface area (Å²) in [5.74, 6) is -0.324. The fourth-order valence-corrected chi connectivity index (χ4v) is 3.66. The van der Waals surface area contributed by atoms with Gasteiger partial charge in [0.2, 0.25) is 5.91 Å². The van der Waals surface area contributed by atoms with Crippen molar-refractivity contribution in [1.82, 2.24) is 20.0 Å². The summed E-state index contributed by atoms with van der Waals surface area (Å²) >= 11 is 0. The van der Waals surface area contributed by atoms with E-state index in [2.05, 4.69) is 29.2 Å².